The molecule has 2 unspecified atom stereocenters. The second-order valence-corrected chi connectivity index (χ2v) is 5.73. The minimum absolute atomic E-state index is 0.0479. The molecule has 2 aliphatic rings. The molecule has 2 aliphatic heterocycles. The molecule has 3 rings (SSSR count). The van der Waals surface area contributed by atoms with Gasteiger partial charge in [-0.2, -0.15) is 0 Å². The van der Waals surface area contributed by atoms with Gasteiger partial charge in [-0.1, -0.05) is 18.2 Å². The average Bonchev–Trinajstić information content (AvgIpc) is 2.49. The third-order valence-corrected chi connectivity index (χ3v) is 4.71. The highest BCUT2D eigenvalue weighted by molar-refractivity contribution is 5.24. The summed E-state index contributed by atoms with van der Waals surface area (Å²) in [4.78, 5) is 0. The van der Waals surface area contributed by atoms with Crippen molar-refractivity contribution in [3.63, 3.8) is 0 Å². The maximum Gasteiger partial charge on any atom is 0.126 e. The topological polar surface area (TPSA) is 21.3 Å². The number of ether oxygens (including phenoxy) is 1. The fraction of sp³-hybridized carbons (Fsp3) is 0.625. The Hall–Kier alpha value is -0.930. The van der Waals surface area contributed by atoms with Gasteiger partial charge in [0.05, 0.1) is 0 Å². The highest BCUT2D eigenvalue weighted by Crippen LogP contribution is 2.39. The molecule has 2 saturated heterocycles. The number of nitrogens with one attached hydrogen (secondary N) is 1. The van der Waals surface area contributed by atoms with Gasteiger partial charge >= 0.3 is 0 Å². The van der Waals surface area contributed by atoms with E-state index in [0.717, 1.165) is 51.1 Å². The van der Waals surface area contributed by atoms with Gasteiger partial charge in [-0.3, -0.25) is 0 Å². The Bertz CT molecular complexity index is 417. The van der Waals surface area contributed by atoms with E-state index in [1.807, 2.05) is 12.1 Å². The Labute approximate surface area is 114 Å². The third kappa shape index (κ3) is 2.82. The first-order valence-electron chi connectivity index (χ1n) is 7.39. The van der Waals surface area contributed by atoms with Crippen LogP contribution in [-0.2, 0) is 4.74 Å². The lowest BCUT2D eigenvalue weighted by Gasteiger charge is -2.39. The van der Waals surface area contributed by atoms with Crippen molar-refractivity contribution < 1.29 is 9.13 Å². The molecular weight excluding hydrogens is 241 g/mol. The SMILES string of the molecule is Fc1ccccc1C1CNCCC1C1CCOCC1. The zero-order valence-electron chi connectivity index (χ0n) is 11.3. The van der Waals surface area contributed by atoms with Gasteiger partial charge in [0.25, 0.3) is 0 Å². The number of piperidine rings is 1. The van der Waals surface area contributed by atoms with Crippen molar-refractivity contribution >= 4 is 0 Å². The maximum atomic E-state index is 14.1. The number of hydrogen-bond donors (Lipinski definition) is 1. The number of hydrogen-bond acceptors (Lipinski definition) is 2. The van der Waals surface area contributed by atoms with E-state index in [4.69, 9.17) is 4.74 Å². The van der Waals surface area contributed by atoms with Crippen LogP contribution in [-0.4, -0.2) is 26.3 Å². The summed E-state index contributed by atoms with van der Waals surface area (Å²) < 4.78 is 19.5. The molecule has 104 valence electrons. The predicted molar refractivity (Wildman–Crippen MR) is 73.7 cm³/mol. The molecule has 0 amide bonds. The molecule has 1 aromatic rings. The lowest BCUT2D eigenvalue weighted by atomic mass is 9.71. The fourth-order valence-corrected chi connectivity index (χ4v) is 3.70. The van der Waals surface area contributed by atoms with E-state index in [2.05, 4.69) is 5.32 Å². The molecule has 3 heteroatoms. The number of rotatable bonds is 2. The largest absolute Gasteiger partial charge is 0.381 e. The van der Waals surface area contributed by atoms with Crippen molar-refractivity contribution in [3.8, 4) is 0 Å². The molecule has 0 bridgehead atoms. The van der Waals surface area contributed by atoms with Crippen LogP contribution in [0.4, 0.5) is 4.39 Å². The van der Waals surface area contributed by atoms with Gasteiger partial charge in [-0.15, -0.1) is 0 Å². The van der Waals surface area contributed by atoms with Crippen LogP contribution in [0.15, 0.2) is 24.3 Å². The molecule has 2 heterocycles. The van der Waals surface area contributed by atoms with Gasteiger partial charge in [-0.25, -0.2) is 4.39 Å². The fourth-order valence-electron chi connectivity index (χ4n) is 3.70. The van der Waals surface area contributed by atoms with Crippen LogP contribution in [0.1, 0.15) is 30.7 Å². The van der Waals surface area contributed by atoms with Gasteiger partial charge in [0.1, 0.15) is 5.82 Å². The van der Waals surface area contributed by atoms with Crippen molar-refractivity contribution in [2.24, 2.45) is 11.8 Å². The summed E-state index contributed by atoms with van der Waals surface area (Å²) in [5, 5.41) is 3.43. The summed E-state index contributed by atoms with van der Waals surface area (Å²) in [5.41, 5.74) is 0.895. The maximum absolute atomic E-state index is 14.1. The van der Waals surface area contributed by atoms with Crippen LogP contribution in [0.3, 0.4) is 0 Å². The van der Waals surface area contributed by atoms with E-state index in [-0.39, 0.29) is 5.82 Å². The minimum Gasteiger partial charge on any atom is -0.381 e. The van der Waals surface area contributed by atoms with E-state index in [1.165, 1.54) is 0 Å². The lowest BCUT2D eigenvalue weighted by molar-refractivity contribution is 0.0353. The standard InChI is InChI=1S/C16H22FNO/c17-16-4-2-1-3-14(16)15-11-18-8-5-13(15)12-6-9-19-10-7-12/h1-4,12-13,15,18H,5-11H2. The summed E-state index contributed by atoms with van der Waals surface area (Å²) in [6, 6.07) is 7.27. The average molecular weight is 263 g/mol. The smallest absolute Gasteiger partial charge is 0.126 e. The van der Waals surface area contributed by atoms with E-state index < -0.39 is 0 Å². The molecule has 2 fully saturated rings. The Morgan fingerprint density at radius 1 is 1.11 bits per heavy atom. The molecule has 1 aromatic carbocycles. The van der Waals surface area contributed by atoms with Gasteiger partial charge in [-0.05, 0) is 49.3 Å². The highest BCUT2D eigenvalue weighted by Gasteiger charge is 2.34. The first-order valence-corrected chi connectivity index (χ1v) is 7.39. The summed E-state index contributed by atoms with van der Waals surface area (Å²) in [6.07, 6.45) is 3.43. The molecule has 2 nitrogen and oxygen atoms in total. The second-order valence-electron chi connectivity index (χ2n) is 5.73. The second kappa shape index (κ2) is 6.02. The van der Waals surface area contributed by atoms with Crippen LogP contribution in [0.25, 0.3) is 0 Å². The predicted octanol–water partition coefficient (Wildman–Crippen LogP) is 2.95. The van der Waals surface area contributed by atoms with Crippen LogP contribution >= 0.6 is 0 Å². The van der Waals surface area contributed by atoms with E-state index in [9.17, 15) is 4.39 Å². The Balaban J connectivity index is 1.82. The minimum atomic E-state index is -0.0479. The molecule has 0 aromatic heterocycles. The molecular formula is C16H22FNO. The zero-order chi connectivity index (χ0) is 13.1. The van der Waals surface area contributed by atoms with Crippen LogP contribution in [0, 0.1) is 17.7 Å². The number of halogens is 1. The van der Waals surface area contributed by atoms with Crippen molar-refractivity contribution in [1.82, 2.24) is 5.32 Å². The summed E-state index contributed by atoms with van der Waals surface area (Å²) in [5.74, 6) is 1.56. The highest BCUT2D eigenvalue weighted by atomic mass is 19.1. The molecule has 19 heavy (non-hydrogen) atoms. The van der Waals surface area contributed by atoms with Crippen LogP contribution < -0.4 is 5.32 Å². The van der Waals surface area contributed by atoms with Crippen molar-refractivity contribution in [2.75, 3.05) is 26.3 Å². The van der Waals surface area contributed by atoms with Gasteiger partial charge < -0.3 is 10.1 Å². The molecule has 0 radical (unpaired) electrons. The summed E-state index contributed by atoms with van der Waals surface area (Å²) >= 11 is 0. The van der Waals surface area contributed by atoms with Crippen molar-refractivity contribution in [2.45, 2.75) is 25.2 Å². The monoisotopic (exact) mass is 263 g/mol. The van der Waals surface area contributed by atoms with E-state index in [1.54, 1.807) is 12.1 Å². The normalized spacial score (nSPS) is 29.3. The van der Waals surface area contributed by atoms with Gasteiger partial charge in [0.15, 0.2) is 0 Å². The van der Waals surface area contributed by atoms with Gasteiger partial charge in [0, 0.05) is 25.7 Å². The molecule has 1 N–H and O–H groups in total. The van der Waals surface area contributed by atoms with E-state index >= 15 is 0 Å². The Morgan fingerprint density at radius 2 is 1.89 bits per heavy atom. The van der Waals surface area contributed by atoms with E-state index in [0.29, 0.717) is 17.8 Å². The van der Waals surface area contributed by atoms with Crippen LogP contribution in [0.2, 0.25) is 0 Å². The molecule has 0 aliphatic carbocycles. The quantitative estimate of drug-likeness (QED) is 0.886. The zero-order valence-corrected chi connectivity index (χ0v) is 11.3. The Kier molecular flexibility index (Phi) is 4.14. The molecule has 0 spiro atoms. The van der Waals surface area contributed by atoms with Crippen LogP contribution in [0.5, 0.6) is 0 Å². The number of benzene rings is 1. The molecule has 0 saturated carbocycles. The Morgan fingerprint density at radius 3 is 2.68 bits per heavy atom. The van der Waals surface area contributed by atoms with Crippen molar-refractivity contribution in [1.29, 1.82) is 0 Å². The summed E-state index contributed by atoms with van der Waals surface area (Å²) in [7, 11) is 0. The first-order chi connectivity index (χ1) is 9.36. The summed E-state index contributed by atoms with van der Waals surface area (Å²) in [6.45, 7) is 3.72. The van der Waals surface area contributed by atoms with Gasteiger partial charge in [0.2, 0.25) is 0 Å². The third-order valence-electron chi connectivity index (χ3n) is 4.71. The molecule has 2 atom stereocenters. The lowest BCUT2D eigenvalue weighted by Crippen LogP contribution is -2.40. The van der Waals surface area contributed by atoms with Crippen molar-refractivity contribution in [3.05, 3.63) is 35.6 Å². The first kappa shape index (κ1) is 13.1.